The van der Waals surface area contributed by atoms with E-state index >= 15 is 0 Å². The fourth-order valence-corrected chi connectivity index (χ4v) is 3.26. The van der Waals surface area contributed by atoms with Gasteiger partial charge in [-0.2, -0.15) is 13.2 Å². The molecule has 0 saturated carbocycles. The van der Waals surface area contributed by atoms with Gasteiger partial charge in [0.1, 0.15) is 0 Å². The lowest BCUT2D eigenvalue weighted by molar-refractivity contribution is -0.137. The van der Waals surface area contributed by atoms with E-state index in [0.29, 0.717) is 17.3 Å². The van der Waals surface area contributed by atoms with Crippen molar-refractivity contribution >= 4 is 33.9 Å². The van der Waals surface area contributed by atoms with Gasteiger partial charge in [-0.1, -0.05) is 11.6 Å². The van der Waals surface area contributed by atoms with E-state index in [9.17, 15) is 13.2 Å². The van der Waals surface area contributed by atoms with Crippen molar-refractivity contribution in [1.29, 1.82) is 0 Å². The van der Waals surface area contributed by atoms with Crippen LogP contribution in [-0.2, 0) is 12.6 Å². The molecular formula is C20H20F3N3S. The molecule has 3 nitrogen and oxygen atoms in total. The number of anilines is 1. The average molecular weight is 391 g/mol. The van der Waals surface area contributed by atoms with Gasteiger partial charge in [-0.15, -0.1) is 0 Å². The van der Waals surface area contributed by atoms with Crippen LogP contribution in [-0.4, -0.2) is 16.6 Å². The molecule has 2 aromatic carbocycles. The fourth-order valence-electron chi connectivity index (χ4n) is 3.04. The number of H-pyrrole nitrogens is 1. The first-order valence-corrected chi connectivity index (χ1v) is 8.95. The zero-order valence-corrected chi connectivity index (χ0v) is 15.8. The molecule has 0 spiro atoms. The predicted octanol–water partition coefficient (Wildman–Crippen LogP) is 5.33. The molecule has 3 rings (SSSR count). The number of aromatic nitrogens is 1. The first-order chi connectivity index (χ1) is 12.7. The number of thiocarbonyl (C=S) groups is 1. The largest absolute Gasteiger partial charge is 0.416 e. The molecule has 0 unspecified atom stereocenters. The Bertz CT molecular complexity index is 959. The number of halogens is 3. The van der Waals surface area contributed by atoms with Gasteiger partial charge in [0.15, 0.2) is 5.11 Å². The monoisotopic (exact) mass is 391 g/mol. The third-order valence-electron chi connectivity index (χ3n) is 4.41. The minimum absolute atomic E-state index is 0.378. The number of rotatable bonds is 4. The summed E-state index contributed by atoms with van der Waals surface area (Å²) in [5.74, 6) is 0. The molecule has 7 heteroatoms. The first-order valence-electron chi connectivity index (χ1n) is 8.54. The van der Waals surface area contributed by atoms with Crippen LogP contribution in [0.4, 0.5) is 18.9 Å². The molecule has 0 aliphatic rings. The van der Waals surface area contributed by atoms with E-state index in [2.05, 4.69) is 40.7 Å². The Morgan fingerprint density at radius 2 is 1.78 bits per heavy atom. The average Bonchev–Trinajstić information content (AvgIpc) is 2.90. The fraction of sp³-hybridized carbons (Fsp3) is 0.250. The highest BCUT2D eigenvalue weighted by Gasteiger charge is 2.29. The van der Waals surface area contributed by atoms with Crippen LogP contribution in [0.25, 0.3) is 10.9 Å². The summed E-state index contributed by atoms with van der Waals surface area (Å²) < 4.78 is 37.8. The Balaban J connectivity index is 1.57. The van der Waals surface area contributed by atoms with Gasteiger partial charge in [-0.3, -0.25) is 0 Å². The highest BCUT2D eigenvalue weighted by molar-refractivity contribution is 7.80. The van der Waals surface area contributed by atoms with Gasteiger partial charge < -0.3 is 15.6 Å². The minimum Gasteiger partial charge on any atom is -0.362 e. The maximum Gasteiger partial charge on any atom is 0.416 e. The van der Waals surface area contributed by atoms with E-state index in [1.807, 2.05) is 6.92 Å². The molecule has 1 aromatic heterocycles. The maximum absolute atomic E-state index is 12.6. The zero-order valence-electron chi connectivity index (χ0n) is 15.0. The van der Waals surface area contributed by atoms with Crippen LogP contribution in [0, 0.1) is 13.8 Å². The summed E-state index contributed by atoms with van der Waals surface area (Å²) in [6, 6.07) is 11.1. The van der Waals surface area contributed by atoms with E-state index in [1.165, 1.54) is 28.6 Å². The minimum atomic E-state index is -4.34. The first kappa shape index (κ1) is 19.2. The molecule has 142 valence electrons. The van der Waals surface area contributed by atoms with Crippen LogP contribution in [0.15, 0.2) is 42.5 Å². The van der Waals surface area contributed by atoms with Crippen molar-refractivity contribution in [2.75, 3.05) is 11.9 Å². The molecule has 0 saturated heterocycles. The lowest BCUT2D eigenvalue weighted by Crippen LogP contribution is -2.30. The van der Waals surface area contributed by atoms with Crippen molar-refractivity contribution in [2.24, 2.45) is 0 Å². The number of hydrogen-bond donors (Lipinski definition) is 3. The number of benzene rings is 2. The number of nitrogens with one attached hydrogen (secondary N) is 3. The highest BCUT2D eigenvalue weighted by atomic mass is 32.1. The molecule has 1 heterocycles. The molecule has 0 radical (unpaired) electrons. The summed E-state index contributed by atoms with van der Waals surface area (Å²) in [5.41, 5.74) is 4.50. The van der Waals surface area contributed by atoms with Gasteiger partial charge in [-0.25, -0.2) is 0 Å². The Labute approximate surface area is 161 Å². The standard InChI is InChI=1S/C20H20F3N3S/c1-12-3-8-18-17(11-12)16(13(2)25-18)9-10-24-19(27)26-15-6-4-14(5-7-15)20(21,22)23/h3-8,11,25H,9-10H2,1-2H3,(H2,24,26,27). The number of fused-ring (bicyclic) bond motifs is 1. The van der Waals surface area contributed by atoms with E-state index in [1.54, 1.807) is 0 Å². The predicted molar refractivity (Wildman–Crippen MR) is 107 cm³/mol. The molecular weight excluding hydrogens is 371 g/mol. The van der Waals surface area contributed by atoms with E-state index in [-0.39, 0.29) is 0 Å². The maximum atomic E-state index is 12.6. The zero-order chi connectivity index (χ0) is 19.6. The van der Waals surface area contributed by atoms with Gasteiger partial charge in [0.25, 0.3) is 0 Å². The summed E-state index contributed by atoms with van der Waals surface area (Å²) in [4.78, 5) is 3.38. The molecule has 0 bridgehead atoms. The second kappa shape index (κ2) is 7.60. The van der Waals surface area contributed by atoms with Crippen LogP contribution in [0.2, 0.25) is 0 Å². The van der Waals surface area contributed by atoms with Crippen LogP contribution >= 0.6 is 12.2 Å². The number of aromatic amines is 1. The quantitative estimate of drug-likeness (QED) is 0.526. The lowest BCUT2D eigenvalue weighted by Gasteiger charge is -2.12. The summed E-state index contributed by atoms with van der Waals surface area (Å²) in [7, 11) is 0. The van der Waals surface area contributed by atoms with E-state index in [4.69, 9.17) is 12.2 Å². The van der Waals surface area contributed by atoms with Crippen LogP contribution in [0.3, 0.4) is 0 Å². The van der Waals surface area contributed by atoms with Gasteiger partial charge in [0, 0.05) is 28.8 Å². The Kier molecular flexibility index (Phi) is 5.41. The van der Waals surface area contributed by atoms with Crippen molar-refractivity contribution in [1.82, 2.24) is 10.3 Å². The molecule has 3 aromatic rings. The van der Waals surface area contributed by atoms with E-state index in [0.717, 1.165) is 29.8 Å². The molecule has 0 aliphatic carbocycles. The second-order valence-electron chi connectivity index (χ2n) is 6.48. The van der Waals surface area contributed by atoms with E-state index < -0.39 is 11.7 Å². The summed E-state index contributed by atoms with van der Waals surface area (Å²) >= 11 is 5.23. The summed E-state index contributed by atoms with van der Waals surface area (Å²) in [6.45, 7) is 4.73. The molecule has 3 N–H and O–H groups in total. The lowest BCUT2D eigenvalue weighted by atomic mass is 10.1. The van der Waals surface area contributed by atoms with Crippen molar-refractivity contribution in [3.63, 3.8) is 0 Å². The van der Waals surface area contributed by atoms with Crippen LogP contribution < -0.4 is 10.6 Å². The molecule has 0 aliphatic heterocycles. The smallest absolute Gasteiger partial charge is 0.362 e. The normalized spacial score (nSPS) is 11.6. The number of aryl methyl sites for hydroxylation is 2. The van der Waals surface area contributed by atoms with Crippen molar-refractivity contribution in [2.45, 2.75) is 26.4 Å². The van der Waals surface area contributed by atoms with Crippen molar-refractivity contribution in [3.05, 3.63) is 64.8 Å². The molecule has 0 fully saturated rings. The summed E-state index contributed by atoms with van der Waals surface area (Å²) in [5, 5.41) is 7.59. The Morgan fingerprint density at radius 1 is 1.07 bits per heavy atom. The van der Waals surface area contributed by atoms with Crippen molar-refractivity contribution in [3.8, 4) is 0 Å². The topological polar surface area (TPSA) is 39.9 Å². The third kappa shape index (κ3) is 4.60. The summed E-state index contributed by atoms with van der Waals surface area (Å²) in [6.07, 6.45) is -3.56. The molecule has 0 amide bonds. The van der Waals surface area contributed by atoms with Gasteiger partial charge >= 0.3 is 6.18 Å². The third-order valence-corrected chi connectivity index (χ3v) is 4.65. The molecule has 0 atom stereocenters. The Hall–Kier alpha value is -2.54. The van der Waals surface area contributed by atoms with Crippen LogP contribution in [0.1, 0.15) is 22.4 Å². The number of hydrogen-bond acceptors (Lipinski definition) is 1. The second-order valence-corrected chi connectivity index (χ2v) is 6.89. The Morgan fingerprint density at radius 3 is 2.44 bits per heavy atom. The van der Waals surface area contributed by atoms with Gasteiger partial charge in [0.2, 0.25) is 0 Å². The van der Waals surface area contributed by atoms with Gasteiger partial charge in [-0.05, 0) is 74.4 Å². The van der Waals surface area contributed by atoms with Crippen LogP contribution in [0.5, 0.6) is 0 Å². The van der Waals surface area contributed by atoms with Crippen molar-refractivity contribution < 1.29 is 13.2 Å². The van der Waals surface area contributed by atoms with Gasteiger partial charge in [0.05, 0.1) is 5.56 Å². The SMILES string of the molecule is Cc1ccc2[nH]c(C)c(CCNC(=S)Nc3ccc(C(F)(F)F)cc3)c2c1. The molecule has 27 heavy (non-hydrogen) atoms. The number of alkyl halides is 3. The highest BCUT2D eigenvalue weighted by Crippen LogP contribution is 2.29.